The van der Waals surface area contributed by atoms with E-state index in [-0.39, 0.29) is 5.82 Å². The average Bonchev–Trinajstić information content (AvgIpc) is 2.19. The van der Waals surface area contributed by atoms with Crippen molar-refractivity contribution in [1.29, 1.82) is 0 Å². The molecule has 2 rings (SSSR count). The van der Waals surface area contributed by atoms with Crippen molar-refractivity contribution in [3.05, 3.63) is 42.0 Å². The van der Waals surface area contributed by atoms with Gasteiger partial charge in [0.1, 0.15) is 5.82 Å². The summed E-state index contributed by atoms with van der Waals surface area (Å²) in [6.07, 6.45) is 1.70. The lowest BCUT2D eigenvalue weighted by Gasteiger charge is -2.01. The summed E-state index contributed by atoms with van der Waals surface area (Å²) in [5, 5.41) is 4.88. The van der Waals surface area contributed by atoms with Gasteiger partial charge < -0.3 is 5.32 Å². The molecule has 1 N–H and O–H groups in total. The van der Waals surface area contributed by atoms with Crippen molar-refractivity contribution >= 4 is 10.8 Å². The molecule has 1 aromatic heterocycles. The molecule has 0 aliphatic rings. The summed E-state index contributed by atoms with van der Waals surface area (Å²) in [6.45, 7) is 0.729. The lowest BCUT2D eigenvalue weighted by molar-refractivity contribution is 0.629. The topological polar surface area (TPSA) is 24.9 Å². The maximum absolute atomic E-state index is 12.8. The minimum absolute atomic E-state index is 0.222. The Hall–Kier alpha value is -1.48. The third-order valence-electron chi connectivity index (χ3n) is 2.10. The molecular weight excluding hydrogens is 179 g/mol. The number of rotatable bonds is 2. The summed E-state index contributed by atoms with van der Waals surface area (Å²) in [4.78, 5) is 4.21. The highest BCUT2D eigenvalue weighted by Gasteiger charge is 1.98. The largest absolute Gasteiger partial charge is 0.314 e. The van der Waals surface area contributed by atoms with E-state index in [0.29, 0.717) is 0 Å². The minimum atomic E-state index is -0.222. The molecule has 0 unspecified atom stereocenters. The second-order valence-corrected chi connectivity index (χ2v) is 3.20. The predicted molar refractivity (Wildman–Crippen MR) is 54.5 cm³/mol. The van der Waals surface area contributed by atoms with Gasteiger partial charge in [0.05, 0.1) is 5.69 Å². The van der Waals surface area contributed by atoms with Crippen molar-refractivity contribution in [2.75, 3.05) is 7.05 Å². The van der Waals surface area contributed by atoms with Crippen LogP contribution in [-0.2, 0) is 6.54 Å². The van der Waals surface area contributed by atoms with Gasteiger partial charge >= 0.3 is 0 Å². The fraction of sp³-hybridized carbons (Fsp3) is 0.182. The first-order valence-corrected chi connectivity index (χ1v) is 4.48. The number of benzene rings is 1. The van der Waals surface area contributed by atoms with Crippen LogP contribution >= 0.6 is 0 Å². The number of aromatic nitrogens is 1. The van der Waals surface area contributed by atoms with E-state index in [9.17, 15) is 4.39 Å². The standard InChI is InChI=1S/C11H11FN2/c1-13-7-11-5-8-2-3-10(12)4-9(8)6-14-11/h2-6,13H,7H2,1H3. The van der Waals surface area contributed by atoms with Crippen LogP contribution in [0.5, 0.6) is 0 Å². The highest BCUT2D eigenvalue weighted by molar-refractivity contribution is 5.81. The average molecular weight is 190 g/mol. The van der Waals surface area contributed by atoms with Gasteiger partial charge in [0.15, 0.2) is 0 Å². The van der Waals surface area contributed by atoms with Crippen LogP contribution < -0.4 is 5.32 Å². The van der Waals surface area contributed by atoms with Gasteiger partial charge in [0, 0.05) is 18.1 Å². The van der Waals surface area contributed by atoms with Gasteiger partial charge in [-0.15, -0.1) is 0 Å². The second-order valence-electron chi connectivity index (χ2n) is 3.20. The molecule has 2 aromatic rings. The minimum Gasteiger partial charge on any atom is -0.314 e. The Bertz CT molecular complexity index is 454. The zero-order valence-corrected chi connectivity index (χ0v) is 7.92. The van der Waals surface area contributed by atoms with E-state index in [1.54, 1.807) is 12.3 Å². The monoisotopic (exact) mass is 190 g/mol. The fourth-order valence-corrected chi connectivity index (χ4v) is 1.44. The van der Waals surface area contributed by atoms with Gasteiger partial charge in [0.25, 0.3) is 0 Å². The van der Waals surface area contributed by atoms with Crippen LogP contribution in [0.2, 0.25) is 0 Å². The molecule has 0 saturated carbocycles. The quantitative estimate of drug-likeness (QED) is 0.784. The molecule has 0 aliphatic heterocycles. The molecule has 72 valence electrons. The molecule has 0 atom stereocenters. The van der Waals surface area contributed by atoms with E-state index >= 15 is 0 Å². The van der Waals surface area contributed by atoms with Gasteiger partial charge in [-0.3, -0.25) is 4.98 Å². The highest BCUT2D eigenvalue weighted by Crippen LogP contribution is 2.15. The molecule has 0 fully saturated rings. The summed E-state index contributed by atoms with van der Waals surface area (Å²) >= 11 is 0. The SMILES string of the molecule is CNCc1cc2ccc(F)cc2cn1. The van der Waals surface area contributed by atoms with Crippen LogP contribution in [0.15, 0.2) is 30.5 Å². The smallest absolute Gasteiger partial charge is 0.123 e. The van der Waals surface area contributed by atoms with E-state index in [0.717, 1.165) is 23.0 Å². The molecule has 14 heavy (non-hydrogen) atoms. The maximum atomic E-state index is 12.8. The highest BCUT2D eigenvalue weighted by atomic mass is 19.1. The van der Waals surface area contributed by atoms with E-state index in [1.165, 1.54) is 12.1 Å². The number of nitrogens with zero attached hydrogens (tertiary/aromatic N) is 1. The zero-order chi connectivity index (χ0) is 9.97. The summed E-state index contributed by atoms with van der Waals surface area (Å²) in [5.41, 5.74) is 0.964. The van der Waals surface area contributed by atoms with Gasteiger partial charge in [-0.05, 0) is 30.6 Å². The molecular formula is C11H11FN2. The van der Waals surface area contributed by atoms with Crippen molar-refractivity contribution < 1.29 is 4.39 Å². The molecule has 1 heterocycles. The Morgan fingerprint density at radius 1 is 1.29 bits per heavy atom. The summed E-state index contributed by atoms with van der Waals surface area (Å²) in [7, 11) is 1.87. The molecule has 2 nitrogen and oxygen atoms in total. The van der Waals surface area contributed by atoms with Crippen LogP contribution in [0.1, 0.15) is 5.69 Å². The summed E-state index contributed by atoms with van der Waals surface area (Å²) in [5.74, 6) is -0.222. The van der Waals surface area contributed by atoms with Gasteiger partial charge in [-0.1, -0.05) is 6.07 Å². The Kier molecular flexibility index (Phi) is 2.41. The molecule has 0 amide bonds. The van der Waals surface area contributed by atoms with Crippen molar-refractivity contribution in [2.24, 2.45) is 0 Å². The Morgan fingerprint density at radius 2 is 2.14 bits per heavy atom. The molecule has 1 aromatic carbocycles. The van der Waals surface area contributed by atoms with Gasteiger partial charge in [-0.25, -0.2) is 4.39 Å². The maximum Gasteiger partial charge on any atom is 0.123 e. The van der Waals surface area contributed by atoms with Gasteiger partial charge in [0.2, 0.25) is 0 Å². The molecule has 0 spiro atoms. The molecule has 0 saturated heterocycles. The van der Waals surface area contributed by atoms with Crippen molar-refractivity contribution in [1.82, 2.24) is 10.3 Å². The fourth-order valence-electron chi connectivity index (χ4n) is 1.44. The number of halogens is 1. The first-order valence-electron chi connectivity index (χ1n) is 4.48. The number of hydrogen-bond donors (Lipinski definition) is 1. The van der Waals surface area contributed by atoms with Crippen molar-refractivity contribution in [3.63, 3.8) is 0 Å². The van der Waals surface area contributed by atoms with Crippen LogP contribution in [-0.4, -0.2) is 12.0 Å². The van der Waals surface area contributed by atoms with Crippen LogP contribution in [0.25, 0.3) is 10.8 Å². The van der Waals surface area contributed by atoms with E-state index < -0.39 is 0 Å². The number of nitrogens with one attached hydrogen (secondary N) is 1. The Morgan fingerprint density at radius 3 is 2.93 bits per heavy atom. The molecule has 0 radical (unpaired) electrons. The van der Waals surface area contributed by atoms with Crippen LogP contribution in [0, 0.1) is 5.82 Å². The third kappa shape index (κ3) is 1.72. The molecule has 3 heteroatoms. The van der Waals surface area contributed by atoms with E-state index in [1.807, 2.05) is 13.1 Å². The van der Waals surface area contributed by atoms with Crippen LogP contribution in [0.3, 0.4) is 0 Å². The first-order chi connectivity index (χ1) is 6.79. The zero-order valence-electron chi connectivity index (χ0n) is 7.92. The lowest BCUT2D eigenvalue weighted by Crippen LogP contribution is -2.06. The normalized spacial score (nSPS) is 10.7. The lowest BCUT2D eigenvalue weighted by atomic mass is 10.1. The van der Waals surface area contributed by atoms with Gasteiger partial charge in [-0.2, -0.15) is 0 Å². The van der Waals surface area contributed by atoms with Crippen molar-refractivity contribution in [3.8, 4) is 0 Å². The first kappa shape index (κ1) is 9.09. The number of fused-ring (bicyclic) bond motifs is 1. The Labute approximate surface area is 81.8 Å². The summed E-state index contributed by atoms with van der Waals surface area (Å²) < 4.78 is 12.8. The predicted octanol–water partition coefficient (Wildman–Crippen LogP) is 2.09. The molecule has 0 aliphatic carbocycles. The summed E-state index contributed by atoms with van der Waals surface area (Å²) in [6, 6.07) is 6.69. The number of pyridine rings is 1. The second kappa shape index (κ2) is 3.72. The van der Waals surface area contributed by atoms with Crippen LogP contribution in [0.4, 0.5) is 4.39 Å². The Balaban J connectivity index is 2.50. The van der Waals surface area contributed by atoms with E-state index in [4.69, 9.17) is 0 Å². The molecule has 0 bridgehead atoms. The third-order valence-corrected chi connectivity index (χ3v) is 2.10. The van der Waals surface area contributed by atoms with E-state index in [2.05, 4.69) is 10.3 Å². The van der Waals surface area contributed by atoms with Crippen molar-refractivity contribution in [2.45, 2.75) is 6.54 Å². The number of hydrogen-bond acceptors (Lipinski definition) is 2.